The number of nitrogens with zero attached hydrogens (tertiary/aromatic N) is 3. The molecule has 0 aliphatic carbocycles. The van der Waals surface area contributed by atoms with Gasteiger partial charge in [-0.3, -0.25) is 4.57 Å². The summed E-state index contributed by atoms with van der Waals surface area (Å²) < 4.78 is 15.3. The van der Waals surface area contributed by atoms with Crippen molar-refractivity contribution < 1.29 is 4.39 Å². The number of thiophene rings is 1. The topological polar surface area (TPSA) is 30.7 Å². The van der Waals surface area contributed by atoms with E-state index in [1.165, 1.54) is 33.7 Å². The maximum Gasteiger partial charge on any atom is 0.192 e. The van der Waals surface area contributed by atoms with E-state index in [2.05, 4.69) is 64.8 Å². The number of benzene rings is 2. The van der Waals surface area contributed by atoms with Gasteiger partial charge in [0.05, 0.1) is 0 Å². The highest BCUT2D eigenvalue weighted by Crippen LogP contribution is 2.39. The van der Waals surface area contributed by atoms with Crippen molar-refractivity contribution in [3.05, 3.63) is 88.4 Å². The fraction of sp³-hybridized carbons (Fsp3) is 0.167. The first-order chi connectivity index (χ1) is 14.6. The average molecular weight is 436 g/mol. The van der Waals surface area contributed by atoms with Crippen LogP contribution in [-0.2, 0) is 12.3 Å². The zero-order chi connectivity index (χ0) is 21.1. The maximum absolute atomic E-state index is 13.2. The standard InChI is InChI=1S/C24H22FN3S2/c1-4-13-28-23(26-27-24(28)30-14-18-7-11-20(25)12-8-18)21-15-29-17(3)22(21)19-9-5-16(2)6-10-19/h4-12,15H,1,13-14H2,2-3H3. The molecule has 0 saturated carbocycles. The lowest BCUT2D eigenvalue weighted by Gasteiger charge is -2.10. The highest BCUT2D eigenvalue weighted by molar-refractivity contribution is 7.98. The van der Waals surface area contributed by atoms with Gasteiger partial charge in [0, 0.05) is 33.7 Å². The van der Waals surface area contributed by atoms with Gasteiger partial charge >= 0.3 is 0 Å². The predicted molar refractivity (Wildman–Crippen MR) is 124 cm³/mol. The van der Waals surface area contributed by atoms with E-state index in [1.54, 1.807) is 35.2 Å². The van der Waals surface area contributed by atoms with Crippen LogP contribution in [0.2, 0.25) is 0 Å². The van der Waals surface area contributed by atoms with Gasteiger partial charge in [-0.1, -0.05) is 59.8 Å². The van der Waals surface area contributed by atoms with Crippen LogP contribution in [-0.4, -0.2) is 14.8 Å². The van der Waals surface area contributed by atoms with Crippen LogP contribution in [0.1, 0.15) is 16.0 Å². The normalized spacial score (nSPS) is 11.0. The third-order valence-corrected chi connectivity index (χ3v) is 6.81. The maximum atomic E-state index is 13.2. The van der Waals surface area contributed by atoms with Crippen molar-refractivity contribution in [3.63, 3.8) is 0 Å². The Morgan fingerprint density at radius 1 is 1.07 bits per heavy atom. The lowest BCUT2D eigenvalue weighted by atomic mass is 10.0. The van der Waals surface area contributed by atoms with Crippen LogP contribution < -0.4 is 0 Å². The van der Waals surface area contributed by atoms with E-state index < -0.39 is 0 Å². The molecule has 0 unspecified atom stereocenters. The molecule has 0 fully saturated rings. The number of hydrogen-bond donors (Lipinski definition) is 0. The summed E-state index contributed by atoms with van der Waals surface area (Å²) in [5.41, 5.74) is 5.76. The molecule has 30 heavy (non-hydrogen) atoms. The van der Waals surface area contributed by atoms with Gasteiger partial charge in [-0.2, -0.15) is 0 Å². The van der Waals surface area contributed by atoms with Crippen LogP contribution in [0.15, 0.2) is 71.7 Å². The largest absolute Gasteiger partial charge is 0.298 e. The zero-order valence-corrected chi connectivity index (χ0v) is 18.6. The highest BCUT2D eigenvalue weighted by atomic mass is 32.2. The Hall–Kier alpha value is -2.70. The molecule has 152 valence electrons. The Morgan fingerprint density at radius 3 is 2.50 bits per heavy atom. The second-order valence-electron chi connectivity index (χ2n) is 7.07. The van der Waals surface area contributed by atoms with Crippen molar-refractivity contribution in [1.82, 2.24) is 14.8 Å². The molecular formula is C24H22FN3S2. The van der Waals surface area contributed by atoms with E-state index in [0.29, 0.717) is 12.3 Å². The number of allylic oxidation sites excluding steroid dienone is 1. The van der Waals surface area contributed by atoms with Crippen molar-refractivity contribution in [2.75, 3.05) is 0 Å². The summed E-state index contributed by atoms with van der Waals surface area (Å²) in [4.78, 5) is 1.25. The lowest BCUT2D eigenvalue weighted by Crippen LogP contribution is -2.01. The summed E-state index contributed by atoms with van der Waals surface area (Å²) in [5, 5.41) is 12.0. The second-order valence-corrected chi connectivity index (χ2v) is 9.09. The monoisotopic (exact) mass is 435 g/mol. The molecule has 6 heteroatoms. The van der Waals surface area contributed by atoms with Crippen molar-refractivity contribution in [3.8, 4) is 22.5 Å². The molecule has 4 rings (SSSR count). The quantitative estimate of drug-likeness (QED) is 0.233. The van der Waals surface area contributed by atoms with Gasteiger partial charge in [0.1, 0.15) is 5.82 Å². The number of rotatable bonds is 7. The smallest absolute Gasteiger partial charge is 0.192 e. The first-order valence-corrected chi connectivity index (χ1v) is 11.5. The summed E-state index contributed by atoms with van der Waals surface area (Å²) in [5.74, 6) is 1.32. The molecular weight excluding hydrogens is 413 g/mol. The third kappa shape index (κ3) is 4.25. The first kappa shape index (κ1) is 20.6. The fourth-order valence-electron chi connectivity index (χ4n) is 3.32. The van der Waals surface area contributed by atoms with Crippen LogP contribution in [0, 0.1) is 19.7 Å². The molecule has 0 saturated heterocycles. The van der Waals surface area contributed by atoms with Gasteiger partial charge in [-0.05, 0) is 37.1 Å². The van der Waals surface area contributed by atoms with E-state index >= 15 is 0 Å². The minimum Gasteiger partial charge on any atom is -0.298 e. The highest BCUT2D eigenvalue weighted by Gasteiger charge is 2.20. The van der Waals surface area contributed by atoms with Gasteiger partial charge in [0.25, 0.3) is 0 Å². The molecule has 0 amide bonds. The Balaban J connectivity index is 1.69. The Kier molecular flexibility index (Phi) is 6.16. The van der Waals surface area contributed by atoms with Crippen LogP contribution >= 0.6 is 23.1 Å². The fourth-order valence-corrected chi connectivity index (χ4v) is 5.08. The first-order valence-electron chi connectivity index (χ1n) is 9.63. The van der Waals surface area contributed by atoms with Crippen LogP contribution in [0.4, 0.5) is 4.39 Å². The van der Waals surface area contributed by atoms with Crippen molar-refractivity contribution >= 4 is 23.1 Å². The molecule has 0 aliphatic heterocycles. The number of aryl methyl sites for hydroxylation is 2. The third-order valence-electron chi connectivity index (χ3n) is 4.87. The summed E-state index contributed by atoms with van der Waals surface area (Å²) in [7, 11) is 0. The van der Waals surface area contributed by atoms with E-state index in [1.807, 2.05) is 6.08 Å². The Bertz CT molecular complexity index is 1160. The Labute approximate surface area is 184 Å². The molecule has 0 aliphatic rings. The van der Waals surface area contributed by atoms with E-state index in [-0.39, 0.29) is 5.82 Å². The molecule has 2 aromatic carbocycles. The van der Waals surface area contributed by atoms with Crippen LogP contribution in [0.25, 0.3) is 22.5 Å². The van der Waals surface area contributed by atoms with Crippen molar-refractivity contribution in [1.29, 1.82) is 0 Å². The molecule has 0 N–H and O–H groups in total. The van der Waals surface area contributed by atoms with Gasteiger partial charge in [0.15, 0.2) is 11.0 Å². The molecule has 0 bridgehead atoms. The summed E-state index contributed by atoms with van der Waals surface area (Å²) >= 11 is 3.32. The number of aromatic nitrogens is 3. The molecule has 2 heterocycles. The summed E-state index contributed by atoms with van der Waals surface area (Å²) in [6, 6.07) is 15.2. The van der Waals surface area contributed by atoms with E-state index in [0.717, 1.165) is 22.1 Å². The lowest BCUT2D eigenvalue weighted by molar-refractivity contribution is 0.627. The second kappa shape index (κ2) is 8.98. The van der Waals surface area contributed by atoms with Crippen molar-refractivity contribution in [2.45, 2.75) is 31.3 Å². The van der Waals surface area contributed by atoms with E-state index in [4.69, 9.17) is 0 Å². The minimum atomic E-state index is -0.225. The Morgan fingerprint density at radius 2 is 1.80 bits per heavy atom. The SMILES string of the molecule is C=CCn1c(SCc2ccc(F)cc2)nnc1-c1csc(C)c1-c1ccc(C)cc1. The molecule has 0 spiro atoms. The number of thioether (sulfide) groups is 1. The number of hydrogen-bond acceptors (Lipinski definition) is 4. The molecule has 4 aromatic rings. The summed E-state index contributed by atoms with van der Waals surface area (Å²) in [6.45, 7) is 8.77. The van der Waals surface area contributed by atoms with E-state index in [9.17, 15) is 4.39 Å². The zero-order valence-electron chi connectivity index (χ0n) is 16.9. The van der Waals surface area contributed by atoms with Gasteiger partial charge in [-0.25, -0.2) is 4.39 Å². The average Bonchev–Trinajstić information content (AvgIpc) is 3.32. The van der Waals surface area contributed by atoms with Gasteiger partial charge < -0.3 is 0 Å². The molecule has 3 nitrogen and oxygen atoms in total. The molecule has 0 radical (unpaired) electrons. The summed E-state index contributed by atoms with van der Waals surface area (Å²) in [6.07, 6.45) is 1.86. The van der Waals surface area contributed by atoms with Gasteiger partial charge in [-0.15, -0.1) is 28.1 Å². The molecule has 0 atom stereocenters. The number of halogens is 1. The van der Waals surface area contributed by atoms with Gasteiger partial charge in [0.2, 0.25) is 0 Å². The molecule has 2 aromatic heterocycles. The van der Waals surface area contributed by atoms with Crippen LogP contribution in [0.5, 0.6) is 0 Å². The predicted octanol–water partition coefficient (Wildman–Crippen LogP) is 6.91. The minimum absolute atomic E-state index is 0.225. The van der Waals surface area contributed by atoms with Crippen molar-refractivity contribution in [2.24, 2.45) is 0 Å². The van der Waals surface area contributed by atoms with Crippen LogP contribution in [0.3, 0.4) is 0 Å².